The predicted octanol–water partition coefficient (Wildman–Crippen LogP) is 4.76. The van der Waals surface area contributed by atoms with Gasteiger partial charge in [0.1, 0.15) is 18.9 Å². The molecule has 1 aromatic rings. The molecule has 1 unspecified atom stereocenters. The normalized spacial score (nSPS) is 35.7. The molecule has 0 aromatic heterocycles. The molecule has 1 aromatic carbocycles. The van der Waals surface area contributed by atoms with Crippen molar-refractivity contribution in [1.82, 2.24) is 16.0 Å². The summed E-state index contributed by atoms with van der Waals surface area (Å²) >= 11 is 0. The predicted molar refractivity (Wildman–Crippen MR) is 155 cm³/mol. The van der Waals surface area contributed by atoms with E-state index in [-0.39, 0.29) is 43.0 Å². The van der Waals surface area contributed by atoms with E-state index in [1.165, 1.54) is 32.1 Å². The molecule has 8 nitrogen and oxygen atoms in total. The lowest BCUT2D eigenvalue weighted by molar-refractivity contribution is -0.136. The SMILES string of the molecule is CC(=O)[C@H]1CC[C@H]2[C@@H]3CCC4C[C@H](NC(=O)CNC(=O)CNC(=O)OCc5ccccc5)CC[C@]4(C)[C@H]3CC[C@]12C. The number of Topliss-reactive ketones (excluding diaryl/α,β-unsaturated/α-hetero) is 1. The monoisotopic (exact) mass is 565 g/mol. The van der Waals surface area contributed by atoms with E-state index in [1.54, 1.807) is 6.92 Å². The Hall–Kier alpha value is -2.90. The maximum atomic E-state index is 12.7. The van der Waals surface area contributed by atoms with Crippen molar-refractivity contribution in [2.45, 2.75) is 91.2 Å². The lowest BCUT2D eigenvalue weighted by atomic mass is 9.44. The van der Waals surface area contributed by atoms with Crippen molar-refractivity contribution < 1.29 is 23.9 Å². The lowest BCUT2D eigenvalue weighted by Gasteiger charge is -2.61. The van der Waals surface area contributed by atoms with Crippen LogP contribution in [0.2, 0.25) is 0 Å². The quantitative estimate of drug-likeness (QED) is 0.421. The zero-order valence-electron chi connectivity index (χ0n) is 24.9. The first kappa shape index (κ1) is 29.6. The highest BCUT2D eigenvalue weighted by Gasteiger charge is 2.60. The molecule has 5 rings (SSSR count). The summed E-state index contributed by atoms with van der Waals surface area (Å²) in [6.07, 6.45) is 9.51. The zero-order valence-corrected chi connectivity index (χ0v) is 24.9. The van der Waals surface area contributed by atoms with E-state index in [9.17, 15) is 19.2 Å². The van der Waals surface area contributed by atoms with Gasteiger partial charge < -0.3 is 20.7 Å². The van der Waals surface area contributed by atoms with Gasteiger partial charge in [-0.25, -0.2) is 4.79 Å². The molecule has 0 bridgehead atoms. The van der Waals surface area contributed by atoms with Crippen LogP contribution in [0.25, 0.3) is 0 Å². The Labute approximate surface area is 244 Å². The summed E-state index contributed by atoms with van der Waals surface area (Å²) in [5.74, 6) is 2.72. The molecule has 4 aliphatic carbocycles. The summed E-state index contributed by atoms with van der Waals surface area (Å²) in [5.41, 5.74) is 1.34. The molecular weight excluding hydrogens is 518 g/mol. The van der Waals surface area contributed by atoms with E-state index in [2.05, 4.69) is 29.8 Å². The Morgan fingerprint density at radius 1 is 0.829 bits per heavy atom. The van der Waals surface area contributed by atoms with Gasteiger partial charge in [-0.15, -0.1) is 0 Å². The Morgan fingerprint density at radius 3 is 2.29 bits per heavy atom. The molecule has 4 aliphatic rings. The topological polar surface area (TPSA) is 114 Å². The van der Waals surface area contributed by atoms with Crippen LogP contribution in [0.5, 0.6) is 0 Å². The van der Waals surface area contributed by atoms with Crippen LogP contribution in [0.4, 0.5) is 4.79 Å². The Morgan fingerprint density at radius 2 is 1.54 bits per heavy atom. The van der Waals surface area contributed by atoms with Crippen LogP contribution in [0, 0.1) is 40.4 Å². The van der Waals surface area contributed by atoms with Gasteiger partial charge in [-0.05, 0) is 105 Å². The second kappa shape index (κ2) is 12.1. The molecule has 4 fully saturated rings. The molecule has 0 heterocycles. The number of carbonyl (C=O) groups excluding carboxylic acids is 4. The third kappa shape index (κ3) is 6.17. The number of hydrogen-bond acceptors (Lipinski definition) is 5. The number of ether oxygens (including phenoxy) is 1. The van der Waals surface area contributed by atoms with E-state index in [4.69, 9.17) is 4.74 Å². The fraction of sp³-hybridized carbons (Fsp3) is 0.697. The van der Waals surface area contributed by atoms with Crippen molar-refractivity contribution in [1.29, 1.82) is 0 Å². The standard InChI is InChI=1S/C33H47N3O5/c1-21(37)26-11-12-27-25-10-9-23-17-24(13-15-32(23,2)28(25)14-16-33(26,27)3)36-30(39)19-34-29(38)18-35-31(40)41-20-22-7-5-4-6-8-22/h4-8,23-28H,9-20H2,1-3H3,(H,34,38)(H,35,40)(H,36,39)/t23?,24-,25+,26-,27+,28+,32+,33-/m1/s1. The molecule has 3 N–H and O–H groups in total. The molecule has 8 atom stereocenters. The average Bonchev–Trinajstić information content (AvgIpc) is 3.32. The van der Waals surface area contributed by atoms with Gasteiger partial charge in [0.2, 0.25) is 11.8 Å². The highest BCUT2D eigenvalue weighted by Crippen LogP contribution is 2.67. The molecule has 0 radical (unpaired) electrons. The molecule has 0 saturated heterocycles. The second-order valence-electron chi connectivity index (χ2n) is 13.7. The largest absolute Gasteiger partial charge is 0.445 e. The van der Waals surface area contributed by atoms with Gasteiger partial charge in [-0.1, -0.05) is 44.2 Å². The van der Waals surface area contributed by atoms with Gasteiger partial charge in [-0.3, -0.25) is 14.4 Å². The van der Waals surface area contributed by atoms with Crippen LogP contribution >= 0.6 is 0 Å². The lowest BCUT2D eigenvalue weighted by Crippen LogP contribution is -2.56. The summed E-state index contributed by atoms with van der Waals surface area (Å²) in [7, 11) is 0. The van der Waals surface area contributed by atoms with Gasteiger partial charge in [0, 0.05) is 12.0 Å². The number of benzene rings is 1. The first-order valence-electron chi connectivity index (χ1n) is 15.6. The van der Waals surface area contributed by atoms with Gasteiger partial charge >= 0.3 is 6.09 Å². The first-order valence-corrected chi connectivity index (χ1v) is 15.6. The maximum Gasteiger partial charge on any atom is 0.407 e. The highest BCUT2D eigenvalue weighted by molar-refractivity contribution is 5.87. The van der Waals surface area contributed by atoms with Crippen molar-refractivity contribution in [3.63, 3.8) is 0 Å². The van der Waals surface area contributed by atoms with Gasteiger partial charge in [-0.2, -0.15) is 0 Å². The summed E-state index contributed by atoms with van der Waals surface area (Å²) < 4.78 is 5.11. The number of amides is 3. The minimum absolute atomic E-state index is 0.111. The number of carbonyl (C=O) groups is 4. The zero-order chi connectivity index (χ0) is 29.2. The number of rotatable bonds is 8. The Bertz CT molecular complexity index is 1140. The van der Waals surface area contributed by atoms with Crippen molar-refractivity contribution in [3.8, 4) is 0 Å². The van der Waals surface area contributed by atoms with Crippen LogP contribution in [-0.2, 0) is 25.7 Å². The van der Waals surface area contributed by atoms with Crippen LogP contribution in [0.15, 0.2) is 30.3 Å². The summed E-state index contributed by atoms with van der Waals surface area (Å²) in [5, 5.41) is 8.17. The molecular formula is C33H47N3O5. The second-order valence-corrected chi connectivity index (χ2v) is 13.7. The first-order chi connectivity index (χ1) is 19.6. The van der Waals surface area contributed by atoms with Crippen LogP contribution in [0.3, 0.4) is 0 Å². The van der Waals surface area contributed by atoms with Crippen molar-refractivity contribution in [2.75, 3.05) is 13.1 Å². The summed E-state index contributed by atoms with van der Waals surface area (Å²) in [6.45, 7) is 6.47. The number of alkyl carbamates (subject to hydrolysis) is 1. The molecule has 224 valence electrons. The number of hydrogen-bond donors (Lipinski definition) is 3. The minimum Gasteiger partial charge on any atom is -0.445 e. The van der Waals surface area contributed by atoms with Crippen molar-refractivity contribution in [3.05, 3.63) is 35.9 Å². The third-order valence-electron chi connectivity index (χ3n) is 11.6. The number of fused-ring (bicyclic) bond motifs is 5. The third-order valence-corrected chi connectivity index (χ3v) is 11.6. The number of ketones is 1. The van der Waals surface area contributed by atoms with Crippen molar-refractivity contribution in [2.24, 2.45) is 40.4 Å². The molecule has 0 aliphatic heterocycles. The fourth-order valence-corrected chi connectivity index (χ4v) is 9.50. The average molecular weight is 566 g/mol. The van der Waals surface area contributed by atoms with E-state index in [1.807, 2.05) is 30.3 Å². The Kier molecular flexibility index (Phi) is 8.76. The maximum absolute atomic E-state index is 12.7. The Balaban J connectivity index is 1.04. The highest BCUT2D eigenvalue weighted by atomic mass is 16.5. The van der Waals surface area contributed by atoms with E-state index in [0.29, 0.717) is 29.0 Å². The van der Waals surface area contributed by atoms with E-state index in [0.717, 1.165) is 37.2 Å². The van der Waals surface area contributed by atoms with Crippen molar-refractivity contribution >= 4 is 23.7 Å². The van der Waals surface area contributed by atoms with Crippen LogP contribution < -0.4 is 16.0 Å². The smallest absolute Gasteiger partial charge is 0.407 e. The minimum atomic E-state index is -0.678. The van der Waals surface area contributed by atoms with E-state index < -0.39 is 12.0 Å². The van der Waals surface area contributed by atoms with Crippen LogP contribution in [-0.4, -0.2) is 42.8 Å². The summed E-state index contributed by atoms with van der Waals surface area (Å²) in [4.78, 5) is 49.1. The fourth-order valence-electron chi connectivity index (χ4n) is 9.50. The van der Waals surface area contributed by atoms with Gasteiger partial charge in [0.25, 0.3) is 0 Å². The molecule has 0 spiro atoms. The molecule has 4 saturated carbocycles. The molecule has 8 heteroatoms. The molecule has 41 heavy (non-hydrogen) atoms. The van der Waals surface area contributed by atoms with Gasteiger partial charge in [0.05, 0.1) is 6.54 Å². The van der Waals surface area contributed by atoms with E-state index >= 15 is 0 Å². The van der Waals surface area contributed by atoms with Gasteiger partial charge in [0.15, 0.2) is 0 Å². The van der Waals surface area contributed by atoms with Crippen LogP contribution in [0.1, 0.15) is 84.1 Å². The molecule has 3 amide bonds. The summed E-state index contributed by atoms with van der Waals surface area (Å²) in [6, 6.07) is 9.43. The number of nitrogens with one attached hydrogen (secondary N) is 3.